The molecule has 0 aliphatic carbocycles. The average molecular weight is 351 g/mol. The molecule has 26 heavy (non-hydrogen) atoms. The first-order chi connectivity index (χ1) is 12.7. The van der Waals surface area contributed by atoms with Crippen molar-refractivity contribution in [2.75, 3.05) is 42.1 Å². The molecule has 2 fully saturated rings. The zero-order chi connectivity index (χ0) is 17.9. The van der Waals surface area contributed by atoms with Crippen molar-refractivity contribution in [3.8, 4) is 0 Å². The van der Waals surface area contributed by atoms with Crippen LogP contribution in [0.2, 0.25) is 0 Å². The van der Waals surface area contributed by atoms with Crippen LogP contribution < -0.4 is 21.3 Å². The number of anilines is 4. The molecule has 0 bridgehead atoms. The molecule has 2 atom stereocenters. The van der Waals surface area contributed by atoms with Gasteiger partial charge in [-0.2, -0.15) is 4.98 Å². The Labute approximate surface area is 153 Å². The van der Waals surface area contributed by atoms with Crippen molar-refractivity contribution >= 4 is 29.4 Å². The summed E-state index contributed by atoms with van der Waals surface area (Å²) in [5, 5.41) is 14.2. The molecule has 3 heterocycles. The van der Waals surface area contributed by atoms with E-state index < -0.39 is 0 Å². The lowest BCUT2D eigenvalue weighted by atomic mass is 9.92. The third-order valence-corrected chi connectivity index (χ3v) is 5.46. The Bertz CT molecular complexity index is 777. The standard InChI is InChI=1S/C19H25N7/c20-10-15-9-16(1-2-17(15)21)24-18-3-6-23-19(25-18)26-7-4-13-11-22-12-14(13)5-8-26/h1-3,6,9-10,13-14,20,22H,4-5,7-8,11-12,21H2,(H,23,24,25). The third kappa shape index (κ3) is 3.48. The second-order valence-corrected chi connectivity index (χ2v) is 7.10. The Morgan fingerprint density at radius 3 is 2.69 bits per heavy atom. The maximum Gasteiger partial charge on any atom is 0.227 e. The van der Waals surface area contributed by atoms with Crippen LogP contribution in [0.15, 0.2) is 30.5 Å². The molecule has 0 amide bonds. The molecule has 0 radical (unpaired) electrons. The van der Waals surface area contributed by atoms with Gasteiger partial charge >= 0.3 is 0 Å². The fraction of sp³-hybridized carbons (Fsp3) is 0.421. The Morgan fingerprint density at radius 2 is 1.96 bits per heavy atom. The molecule has 4 rings (SSSR count). The molecule has 5 N–H and O–H groups in total. The Kier molecular flexibility index (Phi) is 4.71. The normalized spacial score (nSPS) is 22.5. The average Bonchev–Trinajstić information content (AvgIpc) is 3.02. The SMILES string of the molecule is N=Cc1cc(Nc2ccnc(N3CCC4CNCC4CC3)n2)ccc1N. The van der Waals surface area contributed by atoms with Crippen LogP contribution in [0.25, 0.3) is 0 Å². The molecule has 136 valence electrons. The van der Waals surface area contributed by atoms with E-state index in [0.29, 0.717) is 11.3 Å². The van der Waals surface area contributed by atoms with E-state index in [2.05, 4.69) is 20.5 Å². The van der Waals surface area contributed by atoms with Gasteiger partial charge in [0.15, 0.2) is 0 Å². The summed E-state index contributed by atoms with van der Waals surface area (Å²) >= 11 is 0. The molecule has 7 heteroatoms. The highest BCUT2D eigenvalue weighted by Crippen LogP contribution is 2.29. The molecule has 0 spiro atoms. The van der Waals surface area contributed by atoms with Crippen LogP contribution in [0.4, 0.5) is 23.1 Å². The largest absolute Gasteiger partial charge is 0.398 e. The Balaban J connectivity index is 1.49. The van der Waals surface area contributed by atoms with Crippen LogP contribution in [0.1, 0.15) is 18.4 Å². The monoisotopic (exact) mass is 351 g/mol. The summed E-state index contributed by atoms with van der Waals surface area (Å²) in [5.74, 6) is 3.11. The summed E-state index contributed by atoms with van der Waals surface area (Å²) in [4.78, 5) is 11.5. The number of hydrogen-bond donors (Lipinski definition) is 4. The lowest BCUT2D eigenvalue weighted by Gasteiger charge is -2.21. The van der Waals surface area contributed by atoms with Crippen LogP contribution in [0.5, 0.6) is 0 Å². The highest BCUT2D eigenvalue weighted by Gasteiger charge is 2.30. The number of hydrogen-bond acceptors (Lipinski definition) is 7. The van der Waals surface area contributed by atoms with Crippen LogP contribution in [0, 0.1) is 17.2 Å². The van der Waals surface area contributed by atoms with Crippen molar-refractivity contribution in [2.45, 2.75) is 12.8 Å². The zero-order valence-corrected chi connectivity index (χ0v) is 14.8. The van der Waals surface area contributed by atoms with Gasteiger partial charge in [-0.15, -0.1) is 0 Å². The second kappa shape index (κ2) is 7.29. The van der Waals surface area contributed by atoms with Gasteiger partial charge in [0.25, 0.3) is 0 Å². The lowest BCUT2D eigenvalue weighted by molar-refractivity contribution is 0.409. The smallest absolute Gasteiger partial charge is 0.227 e. The van der Waals surface area contributed by atoms with Crippen molar-refractivity contribution < 1.29 is 0 Å². The summed E-state index contributed by atoms with van der Waals surface area (Å²) in [5.41, 5.74) is 8.00. The molecule has 2 saturated heterocycles. The number of nitrogens with zero attached hydrogens (tertiary/aromatic N) is 3. The van der Waals surface area contributed by atoms with E-state index in [1.165, 1.54) is 19.1 Å². The number of fused-ring (bicyclic) bond motifs is 1. The fourth-order valence-corrected chi connectivity index (χ4v) is 3.91. The summed E-state index contributed by atoms with van der Waals surface area (Å²) in [6.45, 7) is 4.30. The number of aromatic nitrogens is 2. The molecular weight excluding hydrogens is 326 g/mol. The van der Waals surface area contributed by atoms with Gasteiger partial charge < -0.3 is 26.7 Å². The van der Waals surface area contributed by atoms with E-state index in [0.717, 1.165) is 55.5 Å². The van der Waals surface area contributed by atoms with Crippen molar-refractivity contribution in [3.05, 3.63) is 36.0 Å². The van der Waals surface area contributed by atoms with Gasteiger partial charge in [0, 0.05) is 42.4 Å². The number of benzene rings is 1. The summed E-state index contributed by atoms with van der Waals surface area (Å²) in [6, 6.07) is 7.40. The van der Waals surface area contributed by atoms with E-state index in [1.54, 1.807) is 12.3 Å². The number of nitrogens with two attached hydrogens (primary N) is 1. The maximum absolute atomic E-state index is 7.43. The number of nitrogens with one attached hydrogen (secondary N) is 3. The Hall–Kier alpha value is -2.67. The van der Waals surface area contributed by atoms with Crippen molar-refractivity contribution in [2.24, 2.45) is 11.8 Å². The van der Waals surface area contributed by atoms with Gasteiger partial charge in [0.05, 0.1) is 0 Å². The maximum atomic E-state index is 7.43. The fourth-order valence-electron chi connectivity index (χ4n) is 3.91. The number of nitrogen functional groups attached to an aromatic ring is 1. The van der Waals surface area contributed by atoms with E-state index in [4.69, 9.17) is 16.1 Å². The number of rotatable bonds is 4. The highest BCUT2D eigenvalue weighted by molar-refractivity contribution is 5.87. The topological polar surface area (TPSA) is 103 Å². The van der Waals surface area contributed by atoms with Crippen molar-refractivity contribution in [1.82, 2.24) is 15.3 Å². The lowest BCUT2D eigenvalue weighted by Crippen LogP contribution is -2.27. The first-order valence-corrected chi connectivity index (χ1v) is 9.18. The first kappa shape index (κ1) is 16.8. The Morgan fingerprint density at radius 1 is 1.19 bits per heavy atom. The van der Waals surface area contributed by atoms with Gasteiger partial charge in [-0.3, -0.25) is 0 Å². The minimum Gasteiger partial charge on any atom is -0.398 e. The summed E-state index contributed by atoms with van der Waals surface area (Å²) < 4.78 is 0. The molecular formula is C19H25N7. The van der Waals surface area contributed by atoms with Crippen molar-refractivity contribution in [1.29, 1.82) is 5.41 Å². The van der Waals surface area contributed by atoms with Crippen LogP contribution >= 0.6 is 0 Å². The molecule has 2 aromatic rings. The van der Waals surface area contributed by atoms with Crippen LogP contribution in [-0.2, 0) is 0 Å². The molecule has 2 aliphatic rings. The molecule has 7 nitrogen and oxygen atoms in total. The molecule has 1 aromatic heterocycles. The van der Waals surface area contributed by atoms with Crippen LogP contribution in [0.3, 0.4) is 0 Å². The second-order valence-electron chi connectivity index (χ2n) is 7.10. The first-order valence-electron chi connectivity index (χ1n) is 9.18. The predicted octanol–water partition coefficient (Wildman–Crippen LogP) is 2.24. The van der Waals surface area contributed by atoms with Gasteiger partial charge in [-0.1, -0.05) is 0 Å². The minimum absolute atomic E-state index is 0.596. The van der Waals surface area contributed by atoms with Gasteiger partial charge in [0.1, 0.15) is 5.82 Å². The van der Waals surface area contributed by atoms with E-state index in [9.17, 15) is 0 Å². The zero-order valence-electron chi connectivity index (χ0n) is 14.8. The molecule has 2 unspecified atom stereocenters. The third-order valence-electron chi connectivity index (χ3n) is 5.46. The van der Waals surface area contributed by atoms with Crippen molar-refractivity contribution in [3.63, 3.8) is 0 Å². The quantitative estimate of drug-likeness (QED) is 0.498. The predicted molar refractivity (Wildman–Crippen MR) is 105 cm³/mol. The van der Waals surface area contributed by atoms with E-state index >= 15 is 0 Å². The summed E-state index contributed by atoms with van der Waals surface area (Å²) in [6.07, 6.45) is 5.44. The molecule has 1 aromatic carbocycles. The molecule has 2 aliphatic heterocycles. The van der Waals surface area contributed by atoms with Gasteiger partial charge in [-0.05, 0) is 62.0 Å². The van der Waals surface area contributed by atoms with E-state index in [-0.39, 0.29) is 0 Å². The summed E-state index contributed by atoms with van der Waals surface area (Å²) in [7, 11) is 0. The van der Waals surface area contributed by atoms with Gasteiger partial charge in [-0.25, -0.2) is 4.98 Å². The molecule has 0 saturated carbocycles. The minimum atomic E-state index is 0.596. The van der Waals surface area contributed by atoms with Crippen LogP contribution in [-0.4, -0.2) is 42.4 Å². The van der Waals surface area contributed by atoms with Gasteiger partial charge in [0.2, 0.25) is 5.95 Å². The van der Waals surface area contributed by atoms with E-state index in [1.807, 2.05) is 18.2 Å². The highest BCUT2D eigenvalue weighted by atomic mass is 15.3.